The van der Waals surface area contributed by atoms with Gasteiger partial charge in [0.2, 0.25) is 5.95 Å². The topological polar surface area (TPSA) is 61.9 Å². The SMILES string of the molecule is c1ccc(-c2cc(-c3ccc4c(c3)oc3ccccc34)nc(-n3c4ccccc4c4cc5c6ccccc6n(-c6cc(-c7ccccc7)c7oc8ccccc8c7c6)c5cc43)n2)cc1. The third-order valence-electron chi connectivity index (χ3n) is 12.9. The molecule has 0 amide bonds. The quantitative estimate of drug-likeness (QED) is 0.174. The van der Waals surface area contributed by atoms with E-state index in [0.717, 1.165) is 116 Å². The average molecular weight is 819 g/mol. The van der Waals surface area contributed by atoms with Gasteiger partial charge in [-0.3, -0.25) is 4.57 Å². The summed E-state index contributed by atoms with van der Waals surface area (Å²) in [6.07, 6.45) is 0. The van der Waals surface area contributed by atoms with E-state index in [2.05, 4.69) is 191 Å². The smallest absolute Gasteiger partial charge is 0.235 e. The van der Waals surface area contributed by atoms with Gasteiger partial charge in [0.25, 0.3) is 0 Å². The van der Waals surface area contributed by atoms with Gasteiger partial charge in [0.1, 0.15) is 22.3 Å². The van der Waals surface area contributed by atoms with Gasteiger partial charge in [-0.1, -0.05) is 140 Å². The number of benzene rings is 9. The minimum atomic E-state index is 0.590. The molecule has 6 heteroatoms. The third-order valence-corrected chi connectivity index (χ3v) is 12.9. The highest BCUT2D eigenvalue weighted by atomic mass is 16.3. The summed E-state index contributed by atoms with van der Waals surface area (Å²) in [5, 5.41) is 8.95. The van der Waals surface area contributed by atoms with Gasteiger partial charge in [-0.25, -0.2) is 9.97 Å². The summed E-state index contributed by atoms with van der Waals surface area (Å²) in [4.78, 5) is 10.8. The Bertz CT molecular complexity index is 4190. The first-order chi connectivity index (χ1) is 31.7. The van der Waals surface area contributed by atoms with Crippen LogP contribution < -0.4 is 0 Å². The molecule has 0 fully saturated rings. The van der Waals surface area contributed by atoms with Crippen molar-refractivity contribution in [2.45, 2.75) is 0 Å². The lowest BCUT2D eigenvalue weighted by Crippen LogP contribution is -2.04. The Morgan fingerprint density at radius 1 is 0.312 bits per heavy atom. The Morgan fingerprint density at radius 3 is 1.58 bits per heavy atom. The molecule has 0 saturated heterocycles. The number of hydrogen-bond acceptors (Lipinski definition) is 4. The van der Waals surface area contributed by atoms with Gasteiger partial charge in [0.05, 0.1) is 33.5 Å². The summed E-state index contributed by atoms with van der Waals surface area (Å²) in [5.41, 5.74) is 14.5. The monoisotopic (exact) mass is 818 g/mol. The van der Waals surface area contributed by atoms with E-state index in [1.807, 2.05) is 24.3 Å². The van der Waals surface area contributed by atoms with E-state index in [-0.39, 0.29) is 0 Å². The third kappa shape index (κ3) is 5.14. The van der Waals surface area contributed by atoms with Crippen molar-refractivity contribution in [2.24, 2.45) is 0 Å². The predicted octanol–water partition coefficient (Wildman–Crippen LogP) is 15.5. The van der Waals surface area contributed by atoms with Crippen LogP contribution in [0.1, 0.15) is 0 Å². The molecule has 0 atom stereocenters. The second-order valence-electron chi connectivity index (χ2n) is 16.5. The van der Waals surface area contributed by atoms with Crippen LogP contribution >= 0.6 is 0 Å². The maximum Gasteiger partial charge on any atom is 0.235 e. The Labute approximate surface area is 365 Å². The minimum absolute atomic E-state index is 0.590. The molecule has 0 radical (unpaired) electrons. The van der Waals surface area contributed by atoms with Crippen LogP contribution in [0.3, 0.4) is 0 Å². The minimum Gasteiger partial charge on any atom is -0.456 e. The van der Waals surface area contributed by atoms with E-state index in [4.69, 9.17) is 18.8 Å². The van der Waals surface area contributed by atoms with Gasteiger partial charge in [0.15, 0.2) is 0 Å². The zero-order valence-electron chi connectivity index (χ0n) is 34.2. The molecule has 14 rings (SSSR count). The van der Waals surface area contributed by atoms with Gasteiger partial charge >= 0.3 is 0 Å². The van der Waals surface area contributed by atoms with Crippen molar-refractivity contribution in [3.63, 3.8) is 0 Å². The van der Waals surface area contributed by atoms with E-state index in [0.29, 0.717) is 5.95 Å². The Balaban J connectivity index is 1.06. The zero-order chi connectivity index (χ0) is 41.9. The molecule has 0 spiro atoms. The van der Waals surface area contributed by atoms with Gasteiger partial charge in [-0.2, -0.15) is 0 Å². The first kappa shape index (κ1) is 34.9. The van der Waals surface area contributed by atoms with Crippen molar-refractivity contribution in [3.8, 4) is 45.3 Å². The number of para-hydroxylation sites is 4. The lowest BCUT2D eigenvalue weighted by molar-refractivity contribution is 0.669. The molecule has 5 heterocycles. The maximum absolute atomic E-state index is 6.63. The Hall–Kier alpha value is -8.74. The van der Waals surface area contributed by atoms with E-state index in [1.165, 1.54) is 10.8 Å². The van der Waals surface area contributed by atoms with Crippen molar-refractivity contribution >= 4 is 87.5 Å². The van der Waals surface area contributed by atoms with Crippen LogP contribution in [-0.4, -0.2) is 19.1 Å². The van der Waals surface area contributed by atoms with Gasteiger partial charge in [-0.15, -0.1) is 0 Å². The molecule has 14 aromatic rings. The number of hydrogen-bond donors (Lipinski definition) is 0. The highest BCUT2D eigenvalue weighted by Gasteiger charge is 2.23. The standard InChI is InChI=1S/C58H34N4O2/c1-3-15-35(16-4-1)44-30-38(31-47-42-22-10-14-26-55(42)64-57(44)47)61-50-23-11-7-19-39(50)45-32-46-40-20-8-12-24-51(40)62(53(46)34-52(45)61)58-59-48(36-17-5-2-6-18-36)33-49(60-58)37-27-28-43-41-21-9-13-25-54(41)63-56(43)29-37/h1-34H. The first-order valence-corrected chi connectivity index (χ1v) is 21.6. The normalized spacial score (nSPS) is 12.1. The summed E-state index contributed by atoms with van der Waals surface area (Å²) in [6.45, 7) is 0. The lowest BCUT2D eigenvalue weighted by Gasteiger charge is -2.13. The molecule has 298 valence electrons. The van der Waals surface area contributed by atoms with Crippen LogP contribution in [0.25, 0.3) is 133 Å². The second-order valence-corrected chi connectivity index (χ2v) is 16.5. The molecule has 0 bridgehead atoms. The van der Waals surface area contributed by atoms with Crippen molar-refractivity contribution in [2.75, 3.05) is 0 Å². The number of aromatic nitrogens is 4. The molecule has 0 aliphatic heterocycles. The number of nitrogens with zero attached hydrogens (tertiary/aromatic N) is 4. The molecule has 9 aromatic carbocycles. The van der Waals surface area contributed by atoms with Crippen molar-refractivity contribution in [1.82, 2.24) is 19.1 Å². The first-order valence-electron chi connectivity index (χ1n) is 21.6. The highest BCUT2D eigenvalue weighted by Crippen LogP contribution is 2.43. The molecule has 5 aromatic heterocycles. The molecule has 0 aliphatic carbocycles. The van der Waals surface area contributed by atoms with E-state index in [1.54, 1.807) is 0 Å². The molecule has 64 heavy (non-hydrogen) atoms. The van der Waals surface area contributed by atoms with Crippen LogP contribution in [0.15, 0.2) is 215 Å². The van der Waals surface area contributed by atoms with E-state index < -0.39 is 0 Å². The van der Waals surface area contributed by atoms with Crippen LogP contribution in [0.2, 0.25) is 0 Å². The summed E-state index contributed by atoms with van der Waals surface area (Å²) < 4.78 is 17.7. The van der Waals surface area contributed by atoms with Crippen molar-refractivity contribution < 1.29 is 8.83 Å². The number of furan rings is 2. The summed E-state index contributed by atoms with van der Waals surface area (Å²) >= 11 is 0. The highest BCUT2D eigenvalue weighted by molar-refractivity contribution is 6.20. The molecule has 0 aliphatic rings. The molecule has 0 saturated carbocycles. The Morgan fingerprint density at radius 2 is 0.859 bits per heavy atom. The largest absolute Gasteiger partial charge is 0.456 e. The van der Waals surface area contributed by atoms with Crippen LogP contribution in [0.5, 0.6) is 0 Å². The lowest BCUT2D eigenvalue weighted by atomic mass is 10.0. The zero-order valence-corrected chi connectivity index (χ0v) is 34.2. The van der Waals surface area contributed by atoms with Crippen LogP contribution in [0, 0.1) is 0 Å². The van der Waals surface area contributed by atoms with Crippen molar-refractivity contribution in [1.29, 1.82) is 0 Å². The molecular formula is C58H34N4O2. The molecule has 0 N–H and O–H groups in total. The average Bonchev–Trinajstić information content (AvgIpc) is 4.11. The van der Waals surface area contributed by atoms with Crippen LogP contribution in [0.4, 0.5) is 0 Å². The fraction of sp³-hybridized carbons (Fsp3) is 0. The van der Waals surface area contributed by atoms with Crippen LogP contribution in [-0.2, 0) is 0 Å². The molecule has 0 unspecified atom stereocenters. The predicted molar refractivity (Wildman–Crippen MR) is 262 cm³/mol. The van der Waals surface area contributed by atoms with Gasteiger partial charge < -0.3 is 13.4 Å². The second kappa shape index (κ2) is 13.4. The van der Waals surface area contributed by atoms with Gasteiger partial charge in [0, 0.05) is 65.5 Å². The summed E-state index contributed by atoms with van der Waals surface area (Å²) in [5.74, 6) is 0.590. The Kier molecular flexibility index (Phi) is 7.30. The van der Waals surface area contributed by atoms with Crippen molar-refractivity contribution in [3.05, 3.63) is 206 Å². The summed E-state index contributed by atoms with van der Waals surface area (Å²) in [6, 6.07) is 72.5. The number of rotatable bonds is 5. The molecule has 6 nitrogen and oxygen atoms in total. The fourth-order valence-corrected chi connectivity index (χ4v) is 10.0. The van der Waals surface area contributed by atoms with E-state index >= 15 is 0 Å². The summed E-state index contributed by atoms with van der Waals surface area (Å²) in [7, 11) is 0. The van der Waals surface area contributed by atoms with Gasteiger partial charge in [-0.05, 0) is 72.3 Å². The number of fused-ring (bicyclic) bond motifs is 12. The molecular weight excluding hydrogens is 785 g/mol. The maximum atomic E-state index is 6.63. The van der Waals surface area contributed by atoms with E-state index in [9.17, 15) is 0 Å². The fourth-order valence-electron chi connectivity index (χ4n) is 10.0.